The first-order chi connectivity index (χ1) is 14.7. The number of rotatable bonds is 6. The van der Waals surface area contributed by atoms with Gasteiger partial charge >= 0.3 is 5.97 Å². The summed E-state index contributed by atoms with van der Waals surface area (Å²) in [6.07, 6.45) is 0. The van der Waals surface area contributed by atoms with Crippen LogP contribution in [0.2, 0.25) is 0 Å². The molecule has 1 aromatic heterocycles. The average Bonchev–Trinajstić information content (AvgIpc) is 3.04. The van der Waals surface area contributed by atoms with E-state index in [1.165, 1.54) is 35.6 Å². The van der Waals surface area contributed by atoms with Crippen molar-refractivity contribution in [1.29, 1.82) is 0 Å². The van der Waals surface area contributed by atoms with Crippen molar-refractivity contribution in [2.45, 2.75) is 39.1 Å². The largest absolute Gasteiger partial charge is 0.465 e. The van der Waals surface area contributed by atoms with E-state index >= 15 is 0 Å². The van der Waals surface area contributed by atoms with Gasteiger partial charge in [0.15, 0.2) is 14.6 Å². The Morgan fingerprint density at radius 2 is 1.71 bits per heavy atom. The van der Waals surface area contributed by atoms with Crippen molar-refractivity contribution in [3.63, 3.8) is 0 Å². The van der Waals surface area contributed by atoms with Gasteiger partial charge in [-0.1, -0.05) is 18.3 Å². The lowest BCUT2D eigenvalue weighted by molar-refractivity contribution is -0.143. The number of hydrogen-bond acceptors (Lipinski definition) is 6. The van der Waals surface area contributed by atoms with Crippen LogP contribution in [0, 0.1) is 13.8 Å². The first-order valence-electron chi connectivity index (χ1n) is 9.84. The summed E-state index contributed by atoms with van der Waals surface area (Å²) < 4.78 is 31.6. The minimum atomic E-state index is -3.35. The van der Waals surface area contributed by atoms with Crippen LogP contribution >= 0.6 is 11.3 Å². The third kappa shape index (κ3) is 4.94. The summed E-state index contributed by atoms with van der Waals surface area (Å²) >= 11 is 1.31. The quantitative estimate of drug-likeness (QED) is 0.526. The maximum absolute atomic E-state index is 12.8. The van der Waals surface area contributed by atoms with E-state index in [4.69, 9.17) is 4.74 Å². The second kappa shape index (κ2) is 9.15. The molecule has 0 fully saturated rings. The van der Waals surface area contributed by atoms with Crippen LogP contribution in [0.3, 0.4) is 0 Å². The molecular formula is C22H24N2O5S2. The Balaban J connectivity index is 2.07. The number of ether oxygens (including phenoxy) is 1. The Labute approximate surface area is 184 Å². The van der Waals surface area contributed by atoms with E-state index in [2.05, 4.69) is 4.99 Å². The number of fused-ring (bicyclic) bond motifs is 1. The zero-order valence-corrected chi connectivity index (χ0v) is 19.5. The van der Waals surface area contributed by atoms with Crippen molar-refractivity contribution in [1.82, 2.24) is 4.57 Å². The smallest absolute Gasteiger partial charge is 0.326 e. The van der Waals surface area contributed by atoms with Gasteiger partial charge < -0.3 is 9.30 Å². The van der Waals surface area contributed by atoms with Crippen LogP contribution in [-0.4, -0.2) is 37.2 Å². The monoisotopic (exact) mass is 460 g/mol. The van der Waals surface area contributed by atoms with Crippen LogP contribution in [0.25, 0.3) is 10.2 Å². The Hall–Kier alpha value is -2.78. The Morgan fingerprint density at radius 3 is 2.32 bits per heavy atom. The minimum absolute atomic E-state index is 0.0147. The highest BCUT2D eigenvalue weighted by molar-refractivity contribution is 7.91. The number of carbonyl (C=O) groups excluding carboxylic acids is 2. The second-order valence-electron chi connectivity index (χ2n) is 7.02. The zero-order chi connectivity index (χ0) is 22.8. The number of benzene rings is 2. The highest BCUT2D eigenvalue weighted by Crippen LogP contribution is 2.22. The highest BCUT2D eigenvalue weighted by atomic mass is 32.2. The van der Waals surface area contributed by atoms with Crippen molar-refractivity contribution in [2.24, 2.45) is 4.99 Å². The summed E-state index contributed by atoms with van der Waals surface area (Å²) in [5, 5.41) is 0. The van der Waals surface area contributed by atoms with Gasteiger partial charge in [0, 0.05) is 5.56 Å². The Kier molecular flexibility index (Phi) is 6.76. The fourth-order valence-electron chi connectivity index (χ4n) is 3.02. The number of carbonyl (C=O) groups is 2. The summed E-state index contributed by atoms with van der Waals surface area (Å²) in [6.45, 7) is 7.48. The van der Waals surface area contributed by atoms with Crippen molar-refractivity contribution in [3.05, 3.63) is 57.9 Å². The molecule has 3 rings (SSSR count). The van der Waals surface area contributed by atoms with Gasteiger partial charge in [-0.25, -0.2) is 8.42 Å². The molecule has 0 aliphatic heterocycles. The molecule has 0 N–H and O–H groups in total. The molecule has 0 saturated carbocycles. The first-order valence-corrected chi connectivity index (χ1v) is 12.3. The van der Waals surface area contributed by atoms with Gasteiger partial charge in [0.2, 0.25) is 0 Å². The minimum Gasteiger partial charge on any atom is -0.465 e. The predicted molar refractivity (Wildman–Crippen MR) is 120 cm³/mol. The fraction of sp³-hybridized carbons (Fsp3) is 0.318. The average molecular weight is 461 g/mol. The second-order valence-corrected chi connectivity index (χ2v) is 10.3. The number of esters is 1. The normalized spacial score (nSPS) is 12.3. The van der Waals surface area contributed by atoms with Crippen LogP contribution in [0.15, 0.2) is 46.3 Å². The number of aryl methyl sites for hydroxylation is 2. The lowest BCUT2D eigenvalue weighted by Crippen LogP contribution is -2.23. The molecule has 1 amide bonds. The number of nitrogens with zero attached hydrogens (tertiary/aromatic N) is 2. The van der Waals surface area contributed by atoms with Gasteiger partial charge in [0.05, 0.1) is 27.5 Å². The SMILES string of the molecule is CCOC(=O)Cn1c(=NC(=O)c2ccc(S(=O)(=O)CC)cc2)sc2cc(C)c(C)cc21. The van der Waals surface area contributed by atoms with E-state index in [1.807, 2.05) is 26.0 Å². The molecule has 1 heterocycles. The van der Waals surface area contributed by atoms with Crippen molar-refractivity contribution in [3.8, 4) is 0 Å². The van der Waals surface area contributed by atoms with E-state index in [-0.39, 0.29) is 29.4 Å². The van der Waals surface area contributed by atoms with E-state index in [0.717, 1.165) is 21.3 Å². The summed E-state index contributed by atoms with van der Waals surface area (Å²) in [7, 11) is -3.35. The van der Waals surface area contributed by atoms with Crippen LogP contribution in [0.1, 0.15) is 35.3 Å². The summed E-state index contributed by atoms with van der Waals surface area (Å²) in [6, 6.07) is 9.69. The van der Waals surface area contributed by atoms with Crippen LogP contribution in [0.5, 0.6) is 0 Å². The molecule has 0 atom stereocenters. The van der Waals surface area contributed by atoms with Gasteiger partial charge in [-0.3, -0.25) is 9.59 Å². The molecule has 164 valence electrons. The van der Waals surface area contributed by atoms with Gasteiger partial charge in [-0.15, -0.1) is 0 Å². The molecule has 0 aliphatic rings. The van der Waals surface area contributed by atoms with Gasteiger partial charge in [-0.2, -0.15) is 4.99 Å². The number of thiazole rings is 1. The van der Waals surface area contributed by atoms with Crippen molar-refractivity contribution < 1.29 is 22.7 Å². The molecule has 7 nitrogen and oxygen atoms in total. The van der Waals surface area contributed by atoms with Gasteiger partial charge in [-0.05, 0) is 68.3 Å². The molecule has 31 heavy (non-hydrogen) atoms. The zero-order valence-electron chi connectivity index (χ0n) is 17.8. The molecule has 2 aromatic carbocycles. The Morgan fingerprint density at radius 1 is 1.06 bits per heavy atom. The molecular weight excluding hydrogens is 436 g/mol. The maximum Gasteiger partial charge on any atom is 0.326 e. The molecule has 9 heteroatoms. The number of aromatic nitrogens is 1. The number of amides is 1. The summed E-state index contributed by atoms with van der Waals surface area (Å²) in [4.78, 5) is 29.7. The number of sulfone groups is 1. The standard InChI is InChI=1S/C22H24N2O5S2/c1-5-29-20(25)13-24-18-11-14(3)15(4)12-19(18)30-22(24)23-21(26)16-7-9-17(10-8-16)31(27,28)6-2/h7-12H,5-6,13H2,1-4H3. The Bertz CT molecular complexity index is 1320. The van der Waals surface area contributed by atoms with E-state index in [1.54, 1.807) is 18.4 Å². The van der Waals surface area contributed by atoms with Gasteiger partial charge in [0.1, 0.15) is 6.54 Å². The van der Waals surface area contributed by atoms with Crippen LogP contribution in [0.4, 0.5) is 0 Å². The van der Waals surface area contributed by atoms with Crippen LogP contribution in [-0.2, 0) is 25.9 Å². The lowest BCUT2D eigenvalue weighted by Gasteiger charge is -2.06. The third-order valence-corrected chi connectivity index (χ3v) is 7.72. The van der Waals surface area contributed by atoms with E-state index in [9.17, 15) is 18.0 Å². The van der Waals surface area contributed by atoms with Crippen molar-refractivity contribution in [2.75, 3.05) is 12.4 Å². The molecule has 3 aromatic rings. The maximum atomic E-state index is 12.8. The topological polar surface area (TPSA) is 94.8 Å². The first kappa shape index (κ1) is 22.9. The van der Waals surface area contributed by atoms with E-state index in [0.29, 0.717) is 4.80 Å². The lowest BCUT2D eigenvalue weighted by atomic mass is 10.1. The third-order valence-electron chi connectivity index (χ3n) is 4.93. The predicted octanol–water partition coefficient (Wildman–Crippen LogP) is 3.42. The fourth-order valence-corrected chi connectivity index (χ4v) is 5.01. The molecule has 0 saturated heterocycles. The molecule has 0 aliphatic carbocycles. The molecule has 0 spiro atoms. The highest BCUT2D eigenvalue weighted by Gasteiger charge is 2.15. The number of hydrogen-bond donors (Lipinski definition) is 0. The van der Waals surface area contributed by atoms with Crippen LogP contribution < -0.4 is 4.80 Å². The van der Waals surface area contributed by atoms with E-state index < -0.39 is 21.7 Å². The molecule has 0 unspecified atom stereocenters. The molecule has 0 radical (unpaired) electrons. The van der Waals surface area contributed by atoms with Crippen molar-refractivity contribution >= 4 is 43.3 Å². The summed E-state index contributed by atoms with van der Waals surface area (Å²) in [5.74, 6) is -0.944. The molecule has 0 bridgehead atoms. The summed E-state index contributed by atoms with van der Waals surface area (Å²) in [5.41, 5.74) is 3.23. The van der Waals surface area contributed by atoms with Gasteiger partial charge in [0.25, 0.3) is 5.91 Å².